The van der Waals surface area contributed by atoms with Crippen LogP contribution in [0.2, 0.25) is 0 Å². The number of rotatable bonds is 7. The average Bonchev–Trinajstić information content (AvgIpc) is 3.08. The number of nitrogens with zero attached hydrogens (tertiary/aromatic N) is 1. The van der Waals surface area contributed by atoms with E-state index in [4.69, 9.17) is 9.15 Å². The molecule has 1 aliphatic heterocycles. The maximum absolute atomic E-state index is 11.3. The van der Waals surface area contributed by atoms with Gasteiger partial charge in [-0.25, -0.2) is 0 Å². The van der Waals surface area contributed by atoms with Crippen LogP contribution in [0.4, 0.5) is 0 Å². The molecule has 1 aromatic heterocycles. The van der Waals surface area contributed by atoms with Gasteiger partial charge in [0.25, 0.3) is 0 Å². The van der Waals surface area contributed by atoms with Crippen molar-refractivity contribution in [2.24, 2.45) is 0 Å². The van der Waals surface area contributed by atoms with Gasteiger partial charge in [0.15, 0.2) is 0 Å². The van der Waals surface area contributed by atoms with E-state index in [0.29, 0.717) is 19.5 Å². The van der Waals surface area contributed by atoms with E-state index in [2.05, 4.69) is 9.64 Å². The first-order valence-corrected chi connectivity index (χ1v) is 6.71. The zero-order chi connectivity index (χ0) is 13.5. The van der Waals surface area contributed by atoms with Crippen molar-refractivity contribution in [3.63, 3.8) is 0 Å². The maximum atomic E-state index is 11.3. The largest absolute Gasteiger partial charge is 0.469 e. The Bertz CT molecular complexity index is 371. The van der Waals surface area contributed by atoms with Crippen molar-refractivity contribution >= 4 is 5.97 Å². The van der Waals surface area contributed by atoms with Crippen molar-refractivity contribution in [1.29, 1.82) is 0 Å². The lowest BCUT2D eigenvalue weighted by molar-refractivity contribution is -0.141. The number of methoxy groups -OCH3 is 1. The summed E-state index contributed by atoms with van der Waals surface area (Å²) in [5.41, 5.74) is 0. The number of furan rings is 1. The minimum Gasteiger partial charge on any atom is -0.469 e. The Hall–Kier alpha value is -1.33. The molecule has 0 aromatic carbocycles. The van der Waals surface area contributed by atoms with Crippen molar-refractivity contribution < 1.29 is 18.7 Å². The fraction of sp³-hybridized carbons (Fsp3) is 0.643. The molecule has 106 valence electrons. The summed E-state index contributed by atoms with van der Waals surface area (Å²) in [6.45, 7) is 3.03. The molecule has 5 heteroatoms. The summed E-state index contributed by atoms with van der Waals surface area (Å²) in [6, 6.07) is 3.82. The molecule has 5 nitrogen and oxygen atoms in total. The van der Waals surface area contributed by atoms with Crippen LogP contribution in [0.1, 0.15) is 25.0 Å². The third-order valence-electron chi connectivity index (χ3n) is 3.31. The van der Waals surface area contributed by atoms with Gasteiger partial charge in [0.05, 0.1) is 32.4 Å². The zero-order valence-electron chi connectivity index (χ0n) is 11.3. The molecule has 2 heterocycles. The number of carbonyl (C=O) groups excluding carboxylic acids is 1. The van der Waals surface area contributed by atoms with Gasteiger partial charge in [-0.3, -0.25) is 9.69 Å². The van der Waals surface area contributed by atoms with Crippen LogP contribution in [-0.4, -0.2) is 43.8 Å². The molecule has 0 aliphatic carbocycles. The molecule has 0 spiro atoms. The molecule has 0 N–H and O–H groups in total. The molecule has 1 saturated heterocycles. The van der Waals surface area contributed by atoms with E-state index in [1.54, 1.807) is 6.26 Å². The molecule has 1 aliphatic rings. The summed E-state index contributed by atoms with van der Waals surface area (Å²) < 4.78 is 15.7. The van der Waals surface area contributed by atoms with E-state index >= 15 is 0 Å². The van der Waals surface area contributed by atoms with Gasteiger partial charge in [0.2, 0.25) is 0 Å². The van der Waals surface area contributed by atoms with Crippen LogP contribution in [0, 0.1) is 0 Å². The van der Waals surface area contributed by atoms with E-state index in [9.17, 15) is 4.79 Å². The predicted molar refractivity (Wildman–Crippen MR) is 69.6 cm³/mol. The van der Waals surface area contributed by atoms with Gasteiger partial charge in [0, 0.05) is 19.7 Å². The standard InChI is InChI=1S/C14H21NO4/c1-17-14(16)6-7-15(10-12-4-2-8-18-12)11-13-5-3-9-19-13/h2,4,8,13H,3,5-7,9-11H2,1H3. The Morgan fingerprint density at radius 2 is 2.47 bits per heavy atom. The molecule has 0 bridgehead atoms. The lowest BCUT2D eigenvalue weighted by Crippen LogP contribution is -2.33. The molecular weight excluding hydrogens is 246 g/mol. The van der Waals surface area contributed by atoms with Crippen molar-refractivity contribution in [2.75, 3.05) is 26.8 Å². The summed E-state index contributed by atoms with van der Waals surface area (Å²) in [5.74, 6) is 0.722. The molecule has 1 unspecified atom stereocenters. The number of hydrogen-bond donors (Lipinski definition) is 0. The number of hydrogen-bond acceptors (Lipinski definition) is 5. The summed E-state index contributed by atoms with van der Waals surface area (Å²) in [4.78, 5) is 13.4. The Kier molecular flexibility index (Phi) is 5.42. The second-order valence-corrected chi connectivity index (χ2v) is 4.78. The van der Waals surface area contributed by atoms with Crippen molar-refractivity contribution in [1.82, 2.24) is 4.90 Å². The molecule has 1 fully saturated rings. The maximum Gasteiger partial charge on any atom is 0.306 e. The minimum atomic E-state index is -0.184. The van der Waals surface area contributed by atoms with E-state index in [0.717, 1.165) is 31.8 Å². The van der Waals surface area contributed by atoms with Gasteiger partial charge >= 0.3 is 5.97 Å². The number of esters is 1. The van der Waals surface area contributed by atoms with Crippen molar-refractivity contribution in [3.05, 3.63) is 24.2 Å². The second-order valence-electron chi connectivity index (χ2n) is 4.78. The topological polar surface area (TPSA) is 51.9 Å². The molecule has 0 saturated carbocycles. The Morgan fingerprint density at radius 1 is 1.58 bits per heavy atom. The van der Waals surface area contributed by atoms with Crippen LogP contribution in [0.15, 0.2) is 22.8 Å². The van der Waals surface area contributed by atoms with Crippen molar-refractivity contribution in [3.8, 4) is 0 Å². The van der Waals surface area contributed by atoms with Gasteiger partial charge in [-0.2, -0.15) is 0 Å². The Balaban J connectivity index is 1.85. The number of ether oxygens (including phenoxy) is 2. The fourth-order valence-corrected chi connectivity index (χ4v) is 2.29. The van der Waals surface area contributed by atoms with Crippen LogP contribution in [0.25, 0.3) is 0 Å². The van der Waals surface area contributed by atoms with Gasteiger partial charge in [-0.1, -0.05) is 0 Å². The first kappa shape index (κ1) is 14.1. The van der Waals surface area contributed by atoms with Crippen LogP contribution in [0.3, 0.4) is 0 Å². The quantitative estimate of drug-likeness (QED) is 0.705. The van der Waals surface area contributed by atoms with E-state index in [1.165, 1.54) is 7.11 Å². The van der Waals surface area contributed by atoms with Crippen LogP contribution in [0.5, 0.6) is 0 Å². The first-order valence-electron chi connectivity index (χ1n) is 6.71. The second kappa shape index (κ2) is 7.31. The zero-order valence-corrected chi connectivity index (χ0v) is 11.3. The van der Waals surface area contributed by atoms with E-state index in [1.807, 2.05) is 12.1 Å². The molecular formula is C14H21NO4. The Labute approximate surface area is 113 Å². The van der Waals surface area contributed by atoms with Crippen LogP contribution >= 0.6 is 0 Å². The highest BCUT2D eigenvalue weighted by atomic mass is 16.5. The molecule has 1 atom stereocenters. The third-order valence-corrected chi connectivity index (χ3v) is 3.31. The van der Waals surface area contributed by atoms with Crippen LogP contribution < -0.4 is 0 Å². The SMILES string of the molecule is COC(=O)CCN(Cc1ccco1)CC1CCCO1. The molecule has 2 rings (SSSR count). The normalized spacial score (nSPS) is 18.9. The lowest BCUT2D eigenvalue weighted by atomic mass is 10.2. The molecule has 1 aromatic rings. The molecule has 0 amide bonds. The Morgan fingerprint density at radius 3 is 3.11 bits per heavy atom. The number of carbonyl (C=O) groups is 1. The average molecular weight is 267 g/mol. The summed E-state index contributed by atoms with van der Waals surface area (Å²) >= 11 is 0. The van der Waals surface area contributed by atoms with E-state index < -0.39 is 0 Å². The van der Waals surface area contributed by atoms with Gasteiger partial charge in [0.1, 0.15) is 5.76 Å². The van der Waals surface area contributed by atoms with Crippen molar-refractivity contribution in [2.45, 2.75) is 31.9 Å². The fourth-order valence-electron chi connectivity index (χ4n) is 2.29. The van der Waals surface area contributed by atoms with E-state index in [-0.39, 0.29) is 12.1 Å². The monoisotopic (exact) mass is 267 g/mol. The highest BCUT2D eigenvalue weighted by molar-refractivity contribution is 5.69. The molecule has 0 radical (unpaired) electrons. The third kappa shape index (κ3) is 4.69. The predicted octanol–water partition coefficient (Wildman–Crippen LogP) is 1.82. The minimum absolute atomic E-state index is 0.184. The van der Waals surface area contributed by atoms with Gasteiger partial charge < -0.3 is 13.9 Å². The van der Waals surface area contributed by atoms with Gasteiger partial charge in [-0.05, 0) is 25.0 Å². The highest BCUT2D eigenvalue weighted by Crippen LogP contribution is 2.15. The van der Waals surface area contributed by atoms with Gasteiger partial charge in [-0.15, -0.1) is 0 Å². The first-order chi connectivity index (χ1) is 9.28. The summed E-state index contributed by atoms with van der Waals surface area (Å²) in [5, 5.41) is 0. The summed E-state index contributed by atoms with van der Waals surface area (Å²) in [6.07, 6.45) is 4.54. The molecule has 19 heavy (non-hydrogen) atoms. The van der Waals surface area contributed by atoms with Crippen LogP contribution in [-0.2, 0) is 20.8 Å². The smallest absolute Gasteiger partial charge is 0.306 e. The summed E-state index contributed by atoms with van der Waals surface area (Å²) in [7, 11) is 1.42. The highest BCUT2D eigenvalue weighted by Gasteiger charge is 2.20. The lowest BCUT2D eigenvalue weighted by Gasteiger charge is -2.23.